The van der Waals surface area contributed by atoms with Crippen LogP contribution in [0.15, 0.2) is 12.1 Å². The quantitative estimate of drug-likeness (QED) is 0.452. The van der Waals surface area contributed by atoms with E-state index in [2.05, 4.69) is 5.32 Å². The lowest BCUT2D eigenvalue weighted by molar-refractivity contribution is -0.107. The van der Waals surface area contributed by atoms with Crippen LogP contribution in [0.2, 0.25) is 0 Å². The van der Waals surface area contributed by atoms with E-state index in [1.165, 1.54) is 0 Å². The molecule has 1 rings (SSSR count). The Labute approximate surface area is 156 Å². The number of nitrogens with one attached hydrogen (secondary N) is 1. The molecule has 0 aliphatic heterocycles. The first-order valence-corrected chi connectivity index (χ1v) is 9.16. The van der Waals surface area contributed by atoms with Gasteiger partial charge in [0.25, 0.3) is 0 Å². The molecule has 0 saturated heterocycles. The second-order valence-corrected chi connectivity index (χ2v) is 6.27. The van der Waals surface area contributed by atoms with Gasteiger partial charge in [-0.15, -0.1) is 0 Å². The number of carbonyl (C=O) groups is 2. The Balaban J connectivity index is 2.77. The van der Waals surface area contributed by atoms with Crippen molar-refractivity contribution >= 4 is 12.4 Å². The minimum atomic E-state index is -0.401. The number of methoxy groups -OCH3 is 2. The molecule has 1 amide bonds. The van der Waals surface area contributed by atoms with Gasteiger partial charge in [0.1, 0.15) is 17.8 Å². The highest BCUT2D eigenvalue weighted by atomic mass is 16.5. The second-order valence-electron chi connectivity index (χ2n) is 6.27. The Kier molecular flexibility index (Phi) is 10.2. The van der Waals surface area contributed by atoms with Gasteiger partial charge in [-0.3, -0.25) is 0 Å². The van der Waals surface area contributed by atoms with Crippen molar-refractivity contribution in [3.8, 4) is 11.5 Å². The summed E-state index contributed by atoms with van der Waals surface area (Å²) in [5, 5.41) is 2.84. The number of rotatable bonds is 12. The fourth-order valence-electron chi connectivity index (χ4n) is 2.69. The summed E-state index contributed by atoms with van der Waals surface area (Å²) in [6, 6.07) is 3.78. The van der Waals surface area contributed by atoms with Gasteiger partial charge in [0.05, 0.1) is 20.8 Å². The predicted molar refractivity (Wildman–Crippen MR) is 101 cm³/mol. The summed E-state index contributed by atoms with van der Waals surface area (Å²) >= 11 is 0. The molecule has 0 fully saturated rings. The average Bonchev–Trinajstić information content (AvgIpc) is 2.62. The third-order valence-corrected chi connectivity index (χ3v) is 4.07. The number of ether oxygens (including phenoxy) is 3. The van der Waals surface area contributed by atoms with Crippen molar-refractivity contribution in [3.63, 3.8) is 0 Å². The van der Waals surface area contributed by atoms with Gasteiger partial charge >= 0.3 is 6.09 Å². The van der Waals surface area contributed by atoms with Gasteiger partial charge < -0.3 is 24.3 Å². The van der Waals surface area contributed by atoms with Crippen molar-refractivity contribution in [1.29, 1.82) is 0 Å². The lowest BCUT2D eigenvalue weighted by Gasteiger charge is -2.18. The molecule has 0 heterocycles. The number of amides is 1. The molecule has 0 bridgehead atoms. The number of carbonyl (C=O) groups excluding carboxylic acids is 2. The normalized spacial score (nSPS) is 11.5. The van der Waals surface area contributed by atoms with E-state index in [0.29, 0.717) is 19.4 Å². The summed E-state index contributed by atoms with van der Waals surface area (Å²) < 4.78 is 16.1. The van der Waals surface area contributed by atoms with Gasteiger partial charge in [-0.05, 0) is 55.9 Å². The number of hydrogen-bond donors (Lipinski definition) is 1. The first-order valence-electron chi connectivity index (χ1n) is 9.16. The summed E-state index contributed by atoms with van der Waals surface area (Å²) in [4.78, 5) is 22.3. The highest BCUT2D eigenvalue weighted by Gasteiger charge is 2.15. The fraction of sp³-hybridized carbons (Fsp3) is 0.600. The van der Waals surface area contributed by atoms with Crippen LogP contribution in [0.1, 0.15) is 50.7 Å². The van der Waals surface area contributed by atoms with Gasteiger partial charge in [-0.1, -0.05) is 13.3 Å². The maximum Gasteiger partial charge on any atom is 0.407 e. The summed E-state index contributed by atoms with van der Waals surface area (Å²) in [7, 11) is 3.25. The molecule has 0 saturated carbocycles. The number of aldehydes is 1. The first-order chi connectivity index (χ1) is 12.5. The van der Waals surface area contributed by atoms with Gasteiger partial charge in [-0.2, -0.15) is 0 Å². The molecule has 0 aromatic heterocycles. The van der Waals surface area contributed by atoms with E-state index in [0.717, 1.165) is 54.6 Å². The van der Waals surface area contributed by atoms with Gasteiger partial charge in [0.2, 0.25) is 0 Å². The maximum absolute atomic E-state index is 11.8. The number of benzene rings is 1. The van der Waals surface area contributed by atoms with E-state index in [-0.39, 0.29) is 6.04 Å². The van der Waals surface area contributed by atoms with E-state index < -0.39 is 6.09 Å². The zero-order valence-corrected chi connectivity index (χ0v) is 16.3. The van der Waals surface area contributed by atoms with E-state index in [4.69, 9.17) is 14.2 Å². The molecular formula is C20H31NO5. The molecule has 1 unspecified atom stereocenters. The number of alkyl carbamates (subject to hydrolysis) is 1. The lowest BCUT2D eigenvalue weighted by atomic mass is 10.00. The Morgan fingerprint density at radius 1 is 1.15 bits per heavy atom. The molecule has 0 radical (unpaired) electrons. The van der Waals surface area contributed by atoms with E-state index in [1.54, 1.807) is 14.2 Å². The highest BCUT2D eigenvalue weighted by molar-refractivity contribution is 5.67. The predicted octanol–water partition coefficient (Wildman–Crippen LogP) is 3.68. The summed E-state index contributed by atoms with van der Waals surface area (Å²) in [5.41, 5.74) is 1.96. The maximum atomic E-state index is 11.8. The van der Waals surface area contributed by atoms with Crippen LogP contribution >= 0.6 is 0 Å². The first kappa shape index (κ1) is 21.8. The zero-order chi connectivity index (χ0) is 19.4. The Morgan fingerprint density at radius 3 is 2.42 bits per heavy atom. The zero-order valence-electron chi connectivity index (χ0n) is 16.3. The lowest BCUT2D eigenvalue weighted by Crippen LogP contribution is -2.34. The third kappa shape index (κ3) is 7.33. The van der Waals surface area contributed by atoms with Crippen molar-refractivity contribution in [2.45, 2.75) is 58.4 Å². The minimum absolute atomic E-state index is 0.108. The molecule has 146 valence electrons. The monoisotopic (exact) mass is 365 g/mol. The van der Waals surface area contributed by atoms with Crippen molar-refractivity contribution in [1.82, 2.24) is 5.32 Å². The number of aryl methyl sites for hydroxylation is 1. The smallest absolute Gasteiger partial charge is 0.407 e. The SMILES string of the molecule is CCCCOC(=O)NC(C)Cc1cc(OC)c(CCCC=O)cc1OC. The van der Waals surface area contributed by atoms with Crippen molar-refractivity contribution in [2.24, 2.45) is 0 Å². The number of hydrogen-bond acceptors (Lipinski definition) is 5. The van der Waals surface area contributed by atoms with Crippen LogP contribution < -0.4 is 14.8 Å². The van der Waals surface area contributed by atoms with E-state index in [9.17, 15) is 9.59 Å². The molecule has 6 heteroatoms. The van der Waals surface area contributed by atoms with Crippen LogP contribution in [0.5, 0.6) is 11.5 Å². The van der Waals surface area contributed by atoms with E-state index >= 15 is 0 Å². The Morgan fingerprint density at radius 2 is 1.81 bits per heavy atom. The highest BCUT2D eigenvalue weighted by Crippen LogP contribution is 2.30. The molecule has 1 N–H and O–H groups in total. The molecule has 0 aliphatic rings. The molecule has 1 aromatic rings. The van der Waals surface area contributed by atoms with Gasteiger partial charge in [-0.25, -0.2) is 4.79 Å². The molecule has 1 atom stereocenters. The molecule has 0 aliphatic carbocycles. The van der Waals surface area contributed by atoms with Crippen LogP contribution in [0.3, 0.4) is 0 Å². The largest absolute Gasteiger partial charge is 0.496 e. The van der Waals surface area contributed by atoms with Crippen molar-refractivity contribution in [2.75, 3.05) is 20.8 Å². The van der Waals surface area contributed by atoms with Crippen LogP contribution in [0, 0.1) is 0 Å². The molecule has 0 spiro atoms. The fourth-order valence-corrected chi connectivity index (χ4v) is 2.69. The van der Waals surface area contributed by atoms with Crippen molar-refractivity contribution in [3.05, 3.63) is 23.3 Å². The van der Waals surface area contributed by atoms with Crippen LogP contribution in [-0.2, 0) is 22.4 Å². The Bertz CT molecular complexity index is 574. The minimum Gasteiger partial charge on any atom is -0.496 e. The summed E-state index contributed by atoms with van der Waals surface area (Å²) in [6.07, 6.45) is 5.00. The molecular weight excluding hydrogens is 334 g/mol. The summed E-state index contributed by atoms with van der Waals surface area (Å²) in [5.74, 6) is 1.52. The molecule has 1 aromatic carbocycles. The van der Waals surface area contributed by atoms with E-state index in [1.807, 2.05) is 26.0 Å². The van der Waals surface area contributed by atoms with Crippen LogP contribution in [0.25, 0.3) is 0 Å². The molecule has 26 heavy (non-hydrogen) atoms. The summed E-state index contributed by atoms with van der Waals surface area (Å²) in [6.45, 7) is 4.40. The van der Waals surface area contributed by atoms with Gasteiger partial charge in [0, 0.05) is 12.5 Å². The molecule has 6 nitrogen and oxygen atoms in total. The van der Waals surface area contributed by atoms with Crippen LogP contribution in [-0.4, -0.2) is 39.2 Å². The van der Waals surface area contributed by atoms with Crippen molar-refractivity contribution < 1.29 is 23.8 Å². The Hall–Kier alpha value is -2.24. The number of unbranched alkanes of at least 4 members (excludes halogenated alkanes) is 2. The standard InChI is InChI=1S/C20H31NO5/c1-5-6-11-26-20(23)21-15(2)12-17-14-18(24-3)16(9-7-8-10-22)13-19(17)25-4/h10,13-15H,5-9,11-12H2,1-4H3,(H,21,23). The van der Waals surface area contributed by atoms with Crippen LogP contribution in [0.4, 0.5) is 4.79 Å². The second kappa shape index (κ2) is 12.2. The van der Waals surface area contributed by atoms with Gasteiger partial charge in [0.15, 0.2) is 0 Å². The third-order valence-electron chi connectivity index (χ3n) is 4.07. The topological polar surface area (TPSA) is 73.9 Å². The average molecular weight is 365 g/mol.